The molecule has 2 aromatic carbocycles. The fourth-order valence-electron chi connectivity index (χ4n) is 1.90. The number of benzene rings is 2. The predicted molar refractivity (Wildman–Crippen MR) is 82.7 cm³/mol. The molecule has 1 unspecified atom stereocenters. The molecule has 0 aliphatic carbocycles. The second-order valence-corrected chi connectivity index (χ2v) is 6.12. The molecule has 21 heavy (non-hydrogen) atoms. The van der Waals surface area contributed by atoms with Gasteiger partial charge in [0.05, 0.1) is 0 Å². The molecule has 0 saturated heterocycles. The van der Waals surface area contributed by atoms with E-state index >= 15 is 0 Å². The number of carboxylic acids is 1. The maximum absolute atomic E-state index is 12.4. The molecule has 0 amide bonds. The van der Waals surface area contributed by atoms with Crippen molar-refractivity contribution in [1.29, 1.82) is 0 Å². The molecule has 108 valence electrons. The van der Waals surface area contributed by atoms with Crippen molar-refractivity contribution in [3.05, 3.63) is 72.3 Å². The van der Waals surface area contributed by atoms with Gasteiger partial charge in [-0.2, -0.15) is 0 Å². The number of aliphatic carboxylic acids is 1. The van der Waals surface area contributed by atoms with Gasteiger partial charge >= 0.3 is 5.97 Å². The largest absolute Gasteiger partial charge is 0.606 e. The second-order valence-electron chi connectivity index (χ2n) is 4.64. The minimum absolute atomic E-state index is 0.185. The molecular formula is C17H16O3S. The minimum atomic E-state index is -1.22. The van der Waals surface area contributed by atoms with Gasteiger partial charge in [0.15, 0.2) is 9.79 Å². The third-order valence-corrected chi connectivity index (χ3v) is 4.47. The van der Waals surface area contributed by atoms with E-state index in [1.807, 2.05) is 54.6 Å². The molecule has 0 aliphatic rings. The highest BCUT2D eigenvalue weighted by molar-refractivity contribution is 7.91. The highest BCUT2D eigenvalue weighted by Crippen LogP contribution is 2.22. The van der Waals surface area contributed by atoms with Gasteiger partial charge in [-0.25, -0.2) is 4.79 Å². The molecule has 0 aliphatic heterocycles. The van der Waals surface area contributed by atoms with Crippen LogP contribution in [0.1, 0.15) is 12.0 Å². The summed E-state index contributed by atoms with van der Waals surface area (Å²) < 4.78 is 12.4. The molecule has 0 fully saturated rings. The maximum Gasteiger partial charge on any atom is 0.330 e. The van der Waals surface area contributed by atoms with Crippen LogP contribution in [0.5, 0.6) is 0 Å². The van der Waals surface area contributed by atoms with Crippen molar-refractivity contribution in [3.63, 3.8) is 0 Å². The Bertz CT molecular complexity index is 637. The van der Waals surface area contributed by atoms with Gasteiger partial charge in [0, 0.05) is 16.7 Å². The van der Waals surface area contributed by atoms with Crippen LogP contribution in [0.15, 0.2) is 76.5 Å². The van der Waals surface area contributed by atoms with Gasteiger partial charge in [0.2, 0.25) is 0 Å². The first kappa shape index (κ1) is 15.4. The molecule has 0 heterocycles. The molecule has 1 N–H and O–H groups in total. The quantitative estimate of drug-likeness (QED) is 0.657. The topological polar surface area (TPSA) is 60.4 Å². The van der Waals surface area contributed by atoms with Gasteiger partial charge in [0.1, 0.15) is 0 Å². The van der Waals surface area contributed by atoms with Crippen molar-refractivity contribution in [3.8, 4) is 0 Å². The Morgan fingerprint density at radius 2 is 1.76 bits per heavy atom. The van der Waals surface area contributed by atoms with E-state index in [2.05, 4.69) is 6.58 Å². The number of hydrogen-bond donors (Lipinski definition) is 1. The Morgan fingerprint density at radius 1 is 1.10 bits per heavy atom. The number of carboxylic acid groups (broad SMARTS) is 1. The zero-order valence-electron chi connectivity index (χ0n) is 11.5. The van der Waals surface area contributed by atoms with Crippen molar-refractivity contribution in [2.24, 2.45) is 0 Å². The summed E-state index contributed by atoms with van der Waals surface area (Å²) in [6.07, 6.45) is 0.960. The average Bonchev–Trinajstić information content (AvgIpc) is 2.53. The van der Waals surface area contributed by atoms with Gasteiger partial charge in [-0.3, -0.25) is 0 Å². The number of carbonyl (C=O) groups is 1. The molecule has 0 spiro atoms. The smallest absolute Gasteiger partial charge is 0.330 e. The van der Waals surface area contributed by atoms with E-state index in [0.717, 1.165) is 15.4 Å². The Balaban J connectivity index is 2.11. The Morgan fingerprint density at radius 3 is 2.43 bits per heavy atom. The lowest BCUT2D eigenvalue weighted by Gasteiger charge is -2.11. The van der Waals surface area contributed by atoms with Gasteiger partial charge in [-0.1, -0.05) is 36.9 Å². The second kappa shape index (κ2) is 7.11. The van der Waals surface area contributed by atoms with Crippen molar-refractivity contribution < 1.29 is 14.5 Å². The summed E-state index contributed by atoms with van der Waals surface area (Å²) in [6, 6.07) is 16.7. The van der Waals surface area contributed by atoms with Crippen LogP contribution in [0, 0.1) is 0 Å². The molecule has 3 nitrogen and oxygen atoms in total. The predicted octanol–water partition coefficient (Wildman–Crippen LogP) is 3.43. The average molecular weight is 300 g/mol. The van der Waals surface area contributed by atoms with Crippen molar-refractivity contribution >= 4 is 17.1 Å². The maximum atomic E-state index is 12.4. The molecule has 0 bridgehead atoms. The Kier molecular flexibility index (Phi) is 5.20. The van der Waals surface area contributed by atoms with E-state index in [4.69, 9.17) is 5.11 Å². The van der Waals surface area contributed by atoms with Crippen LogP contribution < -0.4 is 0 Å². The SMILES string of the molecule is C=C(CCc1cccc([S+]([O-])c2ccccc2)c1)C(=O)O. The zero-order chi connectivity index (χ0) is 15.2. The normalized spacial score (nSPS) is 11.9. The molecule has 4 heteroatoms. The summed E-state index contributed by atoms with van der Waals surface area (Å²) in [5.74, 6) is -0.973. The van der Waals surface area contributed by atoms with Crippen LogP contribution in [0.3, 0.4) is 0 Å². The molecule has 0 aromatic heterocycles. The fraction of sp³-hybridized carbons (Fsp3) is 0.118. The molecule has 0 saturated carbocycles. The van der Waals surface area contributed by atoms with Crippen molar-refractivity contribution in [1.82, 2.24) is 0 Å². The lowest BCUT2D eigenvalue weighted by atomic mass is 10.1. The van der Waals surface area contributed by atoms with Crippen LogP contribution in [-0.4, -0.2) is 15.6 Å². The lowest BCUT2D eigenvalue weighted by Crippen LogP contribution is -2.03. The minimum Gasteiger partial charge on any atom is -0.606 e. The van der Waals surface area contributed by atoms with E-state index in [1.165, 1.54) is 0 Å². The van der Waals surface area contributed by atoms with E-state index in [-0.39, 0.29) is 5.57 Å². The molecule has 0 radical (unpaired) electrons. The number of rotatable bonds is 6. The van der Waals surface area contributed by atoms with Gasteiger partial charge in [-0.05, 0) is 42.7 Å². The molecule has 1 atom stereocenters. The van der Waals surface area contributed by atoms with Gasteiger partial charge in [-0.15, -0.1) is 0 Å². The van der Waals surface area contributed by atoms with Crippen LogP contribution in [-0.2, 0) is 22.4 Å². The van der Waals surface area contributed by atoms with Crippen LogP contribution in [0.2, 0.25) is 0 Å². The molecule has 2 aromatic rings. The van der Waals surface area contributed by atoms with Crippen LogP contribution in [0.4, 0.5) is 0 Å². The standard InChI is InChI=1S/C17H16O3S/c1-13(17(18)19)10-11-14-6-5-9-16(12-14)21(20)15-7-3-2-4-8-15/h2-9,12H,1,10-11H2,(H,18,19). The first-order valence-corrected chi connectivity index (χ1v) is 7.70. The van der Waals surface area contributed by atoms with Crippen LogP contribution in [0.25, 0.3) is 0 Å². The number of aryl methyl sites for hydroxylation is 1. The van der Waals surface area contributed by atoms with E-state index in [1.54, 1.807) is 0 Å². The zero-order valence-corrected chi connectivity index (χ0v) is 12.3. The summed E-state index contributed by atoms with van der Waals surface area (Å²) in [5.41, 5.74) is 1.14. The highest BCUT2D eigenvalue weighted by Gasteiger charge is 2.14. The first-order valence-electron chi connectivity index (χ1n) is 6.55. The lowest BCUT2D eigenvalue weighted by molar-refractivity contribution is -0.132. The third-order valence-electron chi connectivity index (χ3n) is 3.09. The van der Waals surface area contributed by atoms with Crippen LogP contribution >= 0.6 is 0 Å². The summed E-state index contributed by atoms with van der Waals surface area (Å²) in [7, 11) is 0. The van der Waals surface area contributed by atoms with E-state index in [9.17, 15) is 9.35 Å². The molecular weight excluding hydrogens is 284 g/mol. The number of hydrogen-bond acceptors (Lipinski definition) is 2. The summed E-state index contributed by atoms with van der Waals surface area (Å²) in [5, 5.41) is 8.80. The molecule has 2 rings (SSSR count). The Labute approximate surface area is 127 Å². The summed E-state index contributed by atoms with van der Waals surface area (Å²) in [4.78, 5) is 12.2. The monoisotopic (exact) mass is 300 g/mol. The van der Waals surface area contributed by atoms with E-state index < -0.39 is 17.1 Å². The van der Waals surface area contributed by atoms with E-state index in [0.29, 0.717) is 12.8 Å². The summed E-state index contributed by atoms with van der Waals surface area (Å²) in [6.45, 7) is 3.51. The van der Waals surface area contributed by atoms with Crippen molar-refractivity contribution in [2.45, 2.75) is 22.6 Å². The third kappa shape index (κ3) is 4.21. The van der Waals surface area contributed by atoms with Crippen molar-refractivity contribution in [2.75, 3.05) is 0 Å². The van der Waals surface area contributed by atoms with Gasteiger partial charge < -0.3 is 9.66 Å². The summed E-state index contributed by atoms with van der Waals surface area (Å²) >= 11 is -1.22. The highest BCUT2D eigenvalue weighted by atomic mass is 32.2. The van der Waals surface area contributed by atoms with Gasteiger partial charge in [0.25, 0.3) is 0 Å². The Hall–Kier alpha value is -2.04. The fourth-order valence-corrected chi connectivity index (χ4v) is 3.04. The first-order chi connectivity index (χ1) is 10.1.